The van der Waals surface area contributed by atoms with Crippen LogP contribution in [0.1, 0.15) is 37.4 Å². The molecule has 4 heteroatoms. The minimum atomic E-state index is -1.04. The van der Waals surface area contributed by atoms with Gasteiger partial charge in [-0.3, -0.25) is 4.79 Å². The third-order valence-electron chi connectivity index (χ3n) is 2.33. The first-order valence-corrected chi connectivity index (χ1v) is 5.58. The monoisotopic (exact) mass is 244 g/mol. The van der Waals surface area contributed by atoms with Crippen LogP contribution in [-0.2, 0) is 4.79 Å². The van der Waals surface area contributed by atoms with Gasteiger partial charge in [0.2, 0.25) is 0 Å². The van der Waals surface area contributed by atoms with Crippen molar-refractivity contribution in [2.75, 3.05) is 0 Å². The van der Waals surface area contributed by atoms with Gasteiger partial charge in [-0.1, -0.05) is 23.7 Å². The third-order valence-corrected chi connectivity index (χ3v) is 2.58. The molecule has 1 rings (SSSR count). The van der Waals surface area contributed by atoms with Crippen molar-refractivity contribution < 1.29 is 14.3 Å². The summed E-state index contributed by atoms with van der Waals surface area (Å²) >= 11 is 5.69. The Hall–Kier alpha value is -1.09. The quantitative estimate of drug-likeness (QED) is 0.768. The number of hydrogen-bond acceptors (Lipinski definition) is 1. The average Bonchev–Trinajstić information content (AvgIpc) is 2.25. The Morgan fingerprint density at radius 3 is 2.50 bits per heavy atom. The van der Waals surface area contributed by atoms with Crippen LogP contribution >= 0.6 is 11.6 Å². The molecule has 88 valence electrons. The summed E-state index contributed by atoms with van der Waals surface area (Å²) in [5, 5.41) is 9.00. The van der Waals surface area contributed by atoms with Crippen molar-refractivity contribution in [1.82, 2.24) is 0 Å². The molecule has 0 spiro atoms. The summed E-state index contributed by atoms with van der Waals surface area (Å²) < 4.78 is 13.6. The Bertz CT molecular complexity index is 337. The SMILES string of the molecule is O=C(O)CCCCC(F)c1ccc(Cl)cc1. The number of alkyl halides is 1. The summed E-state index contributed by atoms with van der Waals surface area (Å²) in [5.74, 6) is -0.832. The number of benzene rings is 1. The van der Waals surface area contributed by atoms with Gasteiger partial charge < -0.3 is 5.11 Å². The standard InChI is InChI=1S/C12H14ClFO2/c13-10-7-5-9(6-8-10)11(14)3-1-2-4-12(15)16/h5-8,11H,1-4H2,(H,15,16). The van der Waals surface area contributed by atoms with E-state index in [0.717, 1.165) is 0 Å². The summed E-state index contributed by atoms with van der Waals surface area (Å²) in [6, 6.07) is 6.62. The van der Waals surface area contributed by atoms with Gasteiger partial charge >= 0.3 is 5.97 Å². The third kappa shape index (κ3) is 4.62. The van der Waals surface area contributed by atoms with Crippen LogP contribution in [0.25, 0.3) is 0 Å². The van der Waals surface area contributed by atoms with E-state index >= 15 is 0 Å². The van der Waals surface area contributed by atoms with Crippen molar-refractivity contribution in [3.05, 3.63) is 34.9 Å². The van der Waals surface area contributed by atoms with Crippen molar-refractivity contribution in [2.24, 2.45) is 0 Å². The lowest BCUT2D eigenvalue weighted by Crippen LogP contribution is -1.96. The Kier molecular flexibility index (Phi) is 5.26. The lowest BCUT2D eigenvalue weighted by molar-refractivity contribution is -0.137. The number of unbranched alkanes of at least 4 members (excludes halogenated alkanes) is 1. The Labute approximate surface area is 99.0 Å². The molecule has 0 saturated carbocycles. The maximum atomic E-state index is 13.6. The van der Waals surface area contributed by atoms with E-state index in [1.54, 1.807) is 24.3 Å². The first-order valence-electron chi connectivity index (χ1n) is 5.21. The molecule has 16 heavy (non-hydrogen) atoms. The maximum Gasteiger partial charge on any atom is 0.303 e. The number of hydrogen-bond donors (Lipinski definition) is 1. The molecule has 0 aromatic heterocycles. The van der Waals surface area contributed by atoms with Crippen molar-refractivity contribution in [3.63, 3.8) is 0 Å². The number of rotatable bonds is 6. The summed E-state index contributed by atoms with van der Waals surface area (Å²) in [7, 11) is 0. The van der Waals surface area contributed by atoms with Gasteiger partial charge in [0.25, 0.3) is 0 Å². The summed E-state index contributed by atoms with van der Waals surface area (Å²) in [6.45, 7) is 0. The molecule has 0 amide bonds. The Morgan fingerprint density at radius 1 is 1.31 bits per heavy atom. The van der Waals surface area contributed by atoms with E-state index in [1.165, 1.54) is 0 Å². The van der Waals surface area contributed by atoms with Gasteiger partial charge in [0.1, 0.15) is 6.17 Å². The Balaban J connectivity index is 2.32. The molecule has 0 aliphatic heterocycles. The van der Waals surface area contributed by atoms with Crippen LogP contribution in [-0.4, -0.2) is 11.1 Å². The summed E-state index contributed by atoms with van der Waals surface area (Å²) in [6.07, 6.45) is 0.521. The highest BCUT2D eigenvalue weighted by Crippen LogP contribution is 2.24. The minimum absolute atomic E-state index is 0.105. The highest BCUT2D eigenvalue weighted by atomic mass is 35.5. The van der Waals surface area contributed by atoms with E-state index in [9.17, 15) is 9.18 Å². The van der Waals surface area contributed by atoms with Gasteiger partial charge in [-0.15, -0.1) is 0 Å². The second-order valence-corrected chi connectivity index (χ2v) is 4.10. The molecule has 1 unspecified atom stereocenters. The van der Waals surface area contributed by atoms with Gasteiger partial charge in [-0.2, -0.15) is 0 Å². The van der Waals surface area contributed by atoms with Crippen LogP contribution < -0.4 is 0 Å². The van der Waals surface area contributed by atoms with Crippen LogP contribution in [0.15, 0.2) is 24.3 Å². The molecule has 0 heterocycles. The lowest BCUT2D eigenvalue weighted by Gasteiger charge is -2.07. The number of carboxylic acids is 1. The van der Waals surface area contributed by atoms with E-state index < -0.39 is 12.1 Å². The average molecular weight is 245 g/mol. The van der Waals surface area contributed by atoms with Crippen LogP contribution in [0.2, 0.25) is 5.02 Å². The number of halogens is 2. The maximum absolute atomic E-state index is 13.6. The van der Waals surface area contributed by atoms with E-state index in [4.69, 9.17) is 16.7 Å². The van der Waals surface area contributed by atoms with Crippen molar-refractivity contribution in [1.29, 1.82) is 0 Å². The van der Waals surface area contributed by atoms with Crippen molar-refractivity contribution in [3.8, 4) is 0 Å². The van der Waals surface area contributed by atoms with Crippen LogP contribution in [0.3, 0.4) is 0 Å². The number of carbonyl (C=O) groups is 1. The summed E-state index contributed by atoms with van der Waals surface area (Å²) in [5.41, 5.74) is 0.597. The van der Waals surface area contributed by atoms with Gasteiger partial charge in [-0.05, 0) is 37.0 Å². The zero-order chi connectivity index (χ0) is 12.0. The second kappa shape index (κ2) is 6.48. The zero-order valence-electron chi connectivity index (χ0n) is 8.83. The number of aliphatic carboxylic acids is 1. The molecule has 1 N–H and O–H groups in total. The first-order chi connectivity index (χ1) is 7.59. The van der Waals surface area contributed by atoms with Gasteiger partial charge in [0.05, 0.1) is 0 Å². The minimum Gasteiger partial charge on any atom is -0.481 e. The molecule has 0 aliphatic rings. The normalized spacial score (nSPS) is 12.4. The van der Waals surface area contributed by atoms with Gasteiger partial charge in [0.15, 0.2) is 0 Å². The van der Waals surface area contributed by atoms with Crippen molar-refractivity contribution in [2.45, 2.75) is 31.9 Å². The van der Waals surface area contributed by atoms with Crippen molar-refractivity contribution >= 4 is 17.6 Å². The molecule has 0 saturated heterocycles. The smallest absolute Gasteiger partial charge is 0.303 e. The molecule has 1 aromatic rings. The summed E-state index contributed by atoms with van der Waals surface area (Å²) in [4.78, 5) is 10.2. The second-order valence-electron chi connectivity index (χ2n) is 3.66. The highest BCUT2D eigenvalue weighted by molar-refractivity contribution is 6.30. The Morgan fingerprint density at radius 2 is 1.94 bits per heavy atom. The molecular weight excluding hydrogens is 231 g/mol. The van der Waals surface area contributed by atoms with Crippen LogP contribution in [0.4, 0.5) is 4.39 Å². The number of carboxylic acid groups (broad SMARTS) is 1. The van der Waals surface area contributed by atoms with Gasteiger partial charge in [-0.25, -0.2) is 4.39 Å². The fourth-order valence-corrected chi connectivity index (χ4v) is 1.56. The highest BCUT2D eigenvalue weighted by Gasteiger charge is 2.09. The van der Waals surface area contributed by atoms with Crippen LogP contribution in [0, 0.1) is 0 Å². The molecule has 0 fully saturated rings. The topological polar surface area (TPSA) is 37.3 Å². The van der Waals surface area contributed by atoms with E-state index in [0.29, 0.717) is 29.8 Å². The molecule has 0 radical (unpaired) electrons. The van der Waals surface area contributed by atoms with E-state index in [1.807, 2.05) is 0 Å². The largest absolute Gasteiger partial charge is 0.481 e. The fraction of sp³-hybridized carbons (Fsp3) is 0.417. The lowest BCUT2D eigenvalue weighted by atomic mass is 10.0. The first kappa shape index (κ1) is 13.0. The predicted molar refractivity (Wildman–Crippen MR) is 61.4 cm³/mol. The molecule has 2 nitrogen and oxygen atoms in total. The molecule has 0 aliphatic carbocycles. The van der Waals surface area contributed by atoms with Crippen LogP contribution in [0.5, 0.6) is 0 Å². The molecule has 1 atom stereocenters. The predicted octanol–water partition coefficient (Wildman–Crippen LogP) is 4.00. The molecular formula is C12H14ClFO2. The zero-order valence-corrected chi connectivity index (χ0v) is 9.58. The van der Waals surface area contributed by atoms with Gasteiger partial charge in [0, 0.05) is 11.4 Å². The fourth-order valence-electron chi connectivity index (χ4n) is 1.44. The molecule has 1 aromatic carbocycles. The van der Waals surface area contributed by atoms with E-state index in [-0.39, 0.29) is 6.42 Å². The van der Waals surface area contributed by atoms with E-state index in [2.05, 4.69) is 0 Å². The molecule has 0 bridgehead atoms.